The quantitative estimate of drug-likeness (QED) is 0.199. The van der Waals surface area contributed by atoms with Crippen molar-refractivity contribution in [2.45, 2.75) is 45.1 Å². The van der Waals surface area contributed by atoms with E-state index in [-0.39, 0.29) is 18.3 Å². The predicted molar refractivity (Wildman–Crippen MR) is 139 cm³/mol. The normalized spacial score (nSPS) is 13.0. The zero-order chi connectivity index (χ0) is 25.5. The number of nitrogens with one attached hydrogen (secondary N) is 2. The Morgan fingerprint density at radius 3 is 2.56 bits per heavy atom. The maximum absolute atomic E-state index is 11.2. The van der Waals surface area contributed by atoms with Crippen molar-refractivity contribution in [2.24, 2.45) is 0 Å². The number of H-pyrrole nitrogens is 1. The van der Waals surface area contributed by atoms with E-state index in [1.165, 1.54) is 0 Å². The van der Waals surface area contributed by atoms with Crippen LogP contribution in [0.25, 0.3) is 10.9 Å². The van der Waals surface area contributed by atoms with Crippen molar-refractivity contribution < 1.29 is 24.9 Å². The lowest BCUT2D eigenvalue weighted by Crippen LogP contribution is -2.34. The molecule has 0 bridgehead atoms. The van der Waals surface area contributed by atoms with E-state index in [0.717, 1.165) is 34.9 Å². The van der Waals surface area contributed by atoms with Gasteiger partial charge >= 0.3 is 5.97 Å². The lowest BCUT2D eigenvalue weighted by molar-refractivity contribution is 0.0691. The number of aromatic carboxylic acids is 1. The van der Waals surface area contributed by atoms with E-state index in [0.29, 0.717) is 30.0 Å². The fourth-order valence-electron chi connectivity index (χ4n) is 4.27. The third-order valence-corrected chi connectivity index (χ3v) is 6.37. The summed E-state index contributed by atoms with van der Waals surface area (Å²) in [5.41, 5.74) is 4.45. The van der Waals surface area contributed by atoms with Gasteiger partial charge in [0.05, 0.1) is 12.7 Å². The second-order valence-electron chi connectivity index (χ2n) is 8.94. The second kappa shape index (κ2) is 11.9. The van der Waals surface area contributed by atoms with Crippen LogP contribution < -0.4 is 10.1 Å². The van der Waals surface area contributed by atoms with E-state index in [9.17, 15) is 20.1 Å². The number of aromatic amines is 1. The Morgan fingerprint density at radius 1 is 1.03 bits per heavy atom. The smallest absolute Gasteiger partial charge is 0.352 e. The van der Waals surface area contributed by atoms with Crippen LogP contribution >= 0.6 is 0 Å². The van der Waals surface area contributed by atoms with Crippen LogP contribution in [0.4, 0.5) is 0 Å². The highest BCUT2D eigenvalue weighted by atomic mass is 16.5. The number of benzene rings is 3. The zero-order valence-corrected chi connectivity index (χ0v) is 20.3. The highest BCUT2D eigenvalue weighted by Crippen LogP contribution is 2.25. The predicted octanol–water partition coefficient (Wildman–Crippen LogP) is 4.58. The second-order valence-corrected chi connectivity index (χ2v) is 8.94. The number of aliphatic hydroxyl groups excluding tert-OH is 2. The molecule has 36 heavy (non-hydrogen) atoms. The number of carbonyl (C=O) groups is 1. The Labute approximate surface area is 210 Å². The minimum absolute atomic E-state index is 0.140. The van der Waals surface area contributed by atoms with Crippen molar-refractivity contribution in [2.75, 3.05) is 6.54 Å². The summed E-state index contributed by atoms with van der Waals surface area (Å²) >= 11 is 0. The van der Waals surface area contributed by atoms with Gasteiger partial charge in [0.1, 0.15) is 18.1 Å². The van der Waals surface area contributed by atoms with Crippen molar-refractivity contribution in [3.05, 3.63) is 101 Å². The molecular formula is C29H32N2O5. The Kier molecular flexibility index (Phi) is 8.38. The average molecular weight is 489 g/mol. The van der Waals surface area contributed by atoms with Gasteiger partial charge < -0.3 is 30.4 Å². The third-order valence-electron chi connectivity index (χ3n) is 6.37. The molecule has 0 aliphatic carbocycles. The number of carboxylic acids is 1. The number of hydrogen-bond donors (Lipinski definition) is 5. The van der Waals surface area contributed by atoms with Crippen LogP contribution in [0, 0.1) is 0 Å². The Hall–Kier alpha value is -3.65. The Balaban J connectivity index is 1.35. The maximum atomic E-state index is 11.2. The van der Waals surface area contributed by atoms with Crippen molar-refractivity contribution in [3.8, 4) is 5.75 Å². The van der Waals surface area contributed by atoms with Gasteiger partial charge in [0.15, 0.2) is 0 Å². The number of aromatic nitrogens is 1. The van der Waals surface area contributed by atoms with Crippen LogP contribution in [0.2, 0.25) is 0 Å². The lowest BCUT2D eigenvalue weighted by Gasteiger charge is -2.21. The van der Waals surface area contributed by atoms with Crippen LogP contribution in [0.5, 0.6) is 5.75 Å². The largest absolute Gasteiger partial charge is 0.489 e. The molecule has 0 saturated heterocycles. The molecule has 0 fully saturated rings. The molecular weight excluding hydrogens is 456 g/mol. The Bertz CT molecular complexity index is 1300. The number of aliphatic hydroxyl groups is 2. The van der Waals surface area contributed by atoms with Gasteiger partial charge in [-0.15, -0.1) is 0 Å². The fraction of sp³-hybridized carbons (Fsp3) is 0.276. The summed E-state index contributed by atoms with van der Waals surface area (Å²) in [6, 6.07) is 22.9. The molecule has 7 nitrogen and oxygen atoms in total. The van der Waals surface area contributed by atoms with Gasteiger partial charge in [-0.25, -0.2) is 4.79 Å². The summed E-state index contributed by atoms with van der Waals surface area (Å²) in [6.07, 6.45) is 0.880. The molecule has 2 atom stereocenters. The van der Waals surface area contributed by atoms with Crippen LogP contribution in [-0.4, -0.2) is 38.9 Å². The van der Waals surface area contributed by atoms with Crippen molar-refractivity contribution in [1.82, 2.24) is 10.3 Å². The summed E-state index contributed by atoms with van der Waals surface area (Å²) < 4.78 is 5.88. The SMILES string of the molecule is CC[C@H](Cc1ccc2[nH]c(C(=O)O)cc2c1)NC[C@H](O)c1ccc(OCc2ccccc2)c(CO)c1. The van der Waals surface area contributed by atoms with Gasteiger partial charge in [-0.1, -0.05) is 49.4 Å². The van der Waals surface area contributed by atoms with Crippen LogP contribution in [-0.2, 0) is 19.6 Å². The maximum Gasteiger partial charge on any atom is 0.352 e. The molecule has 3 aromatic carbocycles. The summed E-state index contributed by atoms with van der Waals surface area (Å²) in [7, 11) is 0. The lowest BCUT2D eigenvalue weighted by atomic mass is 10.0. The van der Waals surface area contributed by atoms with E-state index in [2.05, 4.69) is 17.2 Å². The van der Waals surface area contributed by atoms with Crippen LogP contribution in [0.15, 0.2) is 72.8 Å². The Morgan fingerprint density at radius 2 is 1.83 bits per heavy atom. The van der Waals surface area contributed by atoms with Crippen LogP contribution in [0.1, 0.15) is 52.2 Å². The molecule has 0 radical (unpaired) electrons. The first-order chi connectivity index (χ1) is 17.5. The summed E-state index contributed by atoms with van der Waals surface area (Å²) in [5.74, 6) is -0.377. The third kappa shape index (κ3) is 6.31. The molecule has 4 rings (SSSR count). The van der Waals surface area contributed by atoms with Crippen molar-refractivity contribution >= 4 is 16.9 Å². The average Bonchev–Trinajstić information content (AvgIpc) is 3.34. The summed E-state index contributed by atoms with van der Waals surface area (Å²) in [6.45, 7) is 2.68. The monoisotopic (exact) mass is 488 g/mol. The number of rotatable bonds is 12. The molecule has 1 aromatic heterocycles. The number of fused-ring (bicyclic) bond motifs is 1. The minimum Gasteiger partial charge on any atom is -0.489 e. The van der Waals surface area contributed by atoms with Gasteiger partial charge in [-0.2, -0.15) is 0 Å². The molecule has 0 saturated carbocycles. The fourth-order valence-corrected chi connectivity index (χ4v) is 4.27. The van der Waals surface area contributed by atoms with E-state index in [1.807, 2.05) is 54.6 Å². The topological polar surface area (TPSA) is 115 Å². The van der Waals surface area contributed by atoms with Gasteiger partial charge in [0, 0.05) is 29.1 Å². The van der Waals surface area contributed by atoms with E-state index < -0.39 is 12.1 Å². The van der Waals surface area contributed by atoms with Gasteiger partial charge in [0.2, 0.25) is 0 Å². The highest BCUT2D eigenvalue weighted by molar-refractivity contribution is 5.93. The number of carboxylic acid groups (broad SMARTS) is 1. The molecule has 0 spiro atoms. The molecule has 0 aliphatic heterocycles. The van der Waals surface area contributed by atoms with Crippen LogP contribution in [0.3, 0.4) is 0 Å². The highest BCUT2D eigenvalue weighted by Gasteiger charge is 2.15. The molecule has 0 unspecified atom stereocenters. The van der Waals surface area contributed by atoms with Crippen molar-refractivity contribution in [1.29, 1.82) is 0 Å². The van der Waals surface area contributed by atoms with Gasteiger partial charge in [-0.3, -0.25) is 0 Å². The van der Waals surface area contributed by atoms with E-state index in [1.54, 1.807) is 18.2 Å². The van der Waals surface area contributed by atoms with Gasteiger partial charge in [-0.05, 0) is 59.9 Å². The zero-order valence-electron chi connectivity index (χ0n) is 20.3. The minimum atomic E-state index is -0.977. The first kappa shape index (κ1) is 25.4. The standard InChI is InChI=1S/C29H32N2O5/c1-2-24(13-20-8-10-25-22(12-20)15-26(31-25)29(34)35)30-16-27(33)21-9-11-28(23(14-21)17-32)36-18-19-6-4-3-5-7-19/h3-12,14-15,24,27,30-33H,2,13,16-18H2,1H3,(H,34,35)/t24-,27+/m1/s1. The first-order valence-corrected chi connectivity index (χ1v) is 12.1. The molecule has 5 N–H and O–H groups in total. The van der Waals surface area contributed by atoms with Crippen molar-refractivity contribution in [3.63, 3.8) is 0 Å². The van der Waals surface area contributed by atoms with E-state index >= 15 is 0 Å². The molecule has 0 amide bonds. The molecule has 188 valence electrons. The number of hydrogen-bond acceptors (Lipinski definition) is 5. The summed E-state index contributed by atoms with van der Waals surface area (Å²) in [4.78, 5) is 14.1. The van der Waals surface area contributed by atoms with Gasteiger partial charge in [0.25, 0.3) is 0 Å². The number of ether oxygens (including phenoxy) is 1. The molecule has 0 aliphatic rings. The summed E-state index contributed by atoms with van der Waals surface area (Å²) in [5, 5.41) is 34.1. The van der Waals surface area contributed by atoms with E-state index in [4.69, 9.17) is 4.74 Å². The molecule has 1 heterocycles. The first-order valence-electron chi connectivity index (χ1n) is 12.1. The molecule has 7 heteroatoms. The molecule has 4 aromatic rings.